The fraction of sp³-hybridized carbons (Fsp3) is 0.364. The summed E-state index contributed by atoms with van der Waals surface area (Å²) in [6, 6.07) is 3.00. The average Bonchev–Trinajstić information content (AvgIpc) is 2.81. The SMILES string of the molecule is Nc1cc2c(cc1C(=O)NCC(O)CO)OCO2. The lowest BCUT2D eigenvalue weighted by Gasteiger charge is -2.11. The third-order valence-electron chi connectivity index (χ3n) is 2.50. The minimum absolute atomic E-state index is 0.0524. The number of benzene rings is 1. The third-order valence-corrected chi connectivity index (χ3v) is 2.50. The number of ether oxygens (including phenoxy) is 2. The maximum Gasteiger partial charge on any atom is 0.253 e. The molecule has 2 rings (SSSR count). The summed E-state index contributed by atoms with van der Waals surface area (Å²) in [6.45, 7) is -0.372. The van der Waals surface area contributed by atoms with Gasteiger partial charge in [0.25, 0.3) is 5.91 Å². The second-order valence-corrected chi connectivity index (χ2v) is 3.84. The van der Waals surface area contributed by atoms with Gasteiger partial charge in [0.05, 0.1) is 18.3 Å². The van der Waals surface area contributed by atoms with Crippen molar-refractivity contribution < 1.29 is 24.5 Å². The van der Waals surface area contributed by atoms with Crippen molar-refractivity contribution in [3.63, 3.8) is 0 Å². The first kappa shape index (κ1) is 12.5. The van der Waals surface area contributed by atoms with Gasteiger partial charge >= 0.3 is 0 Å². The van der Waals surface area contributed by atoms with E-state index < -0.39 is 18.6 Å². The van der Waals surface area contributed by atoms with Crippen LogP contribution in [0.1, 0.15) is 10.4 Å². The summed E-state index contributed by atoms with van der Waals surface area (Å²) in [5.74, 6) is 0.509. The Labute approximate surface area is 103 Å². The summed E-state index contributed by atoms with van der Waals surface area (Å²) in [6.07, 6.45) is -0.996. The zero-order valence-corrected chi connectivity index (χ0v) is 9.55. The van der Waals surface area contributed by atoms with Crippen LogP contribution in [0.4, 0.5) is 5.69 Å². The fourth-order valence-corrected chi connectivity index (χ4v) is 1.52. The minimum atomic E-state index is -0.996. The standard InChI is InChI=1S/C11H14N2O5/c12-8-2-10-9(17-5-18-10)1-7(8)11(16)13-3-6(15)4-14/h1-2,6,14-15H,3-5,12H2,(H,13,16). The maximum absolute atomic E-state index is 11.8. The Morgan fingerprint density at radius 3 is 2.78 bits per heavy atom. The lowest BCUT2D eigenvalue weighted by molar-refractivity contribution is 0.0802. The molecule has 0 spiro atoms. The minimum Gasteiger partial charge on any atom is -0.454 e. The average molecular weight is 254 g/mol. The number of nitrogen functional groups attached to an aromatic ring is 1. The van der Waals surface area contributed by atoms with E-state index in [1.54, 1.807) is 0 Å². The van der Waals surface area contributed by atoms with E-state index in [9.17, 15) is 4.79 Å². The molecule has 1 amide bonds. The van der Waals surface area contributed by atoms with Crippen LogP contribution in [0, 0.1) is 0 Å². The van der Waals surface area contributed by atoms with E-state index in [1.165, 1.54) is 12.1 Å². The monoisotopic (exact) mass is 254 g/mol. The molecule has 1 aliphatic rings. The van der Waals surface area contributed by atoms with Crippen LogP contribution in [-0.4, -0.2) is 42.2 Å². The highest BCUT2D eigenvalue weighted by atomic mass is 16.7. The molecule has 5 N–H and O–H groups in total. The zero-order chi connectivity index (χ0) is 13.1. The number of aliphatic hydroxyl groups excluding tert-OH is 2. The molecule has 1 aromatic carbocycles. The number of carbonyl (C=O) groups excluding carboxylic acids is 1. The number of carbonyl (C=O) groups is 1. The van der Waals surface area contributed by atoms with E-state index >= 15 is 0 Å². The number of fused-ring (bicyclic) bond motifs is 1. The number of aliphatic hydroxyl groups is 2. The van der Waals surface area contributed by atoms with E-state index in [2.05, 4.69) is 5.32 Å². The summed E-state index contributed by atoms with van der Waals surface area (Å²) in [7, 11) is 0. The second-order valence-electron chi connectivity index (χ2n) is 3.84. The van der Waals surface area contributed by atoms with Crippen molar-refractivity contribution in [2.45, 2.75) is 6.10 Å². The van der Waals surface area contributed by atoms with Gasteiger partial charge in [-0.1, -0.05) is 0 Å². The molecule has 0 saturated carbocycles. The van der Waals surface area contributed by atoms with Crippen molar-refractivity contribution in [3.8, 4) is 11.5 Å². The van der Waals surface area contributed by atoms with E-state index in [4.69, 9.17) is 25.4 Å². The third kappa shape index (κ3) is 2.47. The molecule has 1 aliphatic heterocycles. The Morgan fingerprint density at radius 2 is 2.11 bits per heavy atom. The van der Waals surface area contributed by atoms with Gasteiger partial charge in [-0.15, -0.1) is 0 Å². The molecule has 1 unspecified atom stereocenters. The quantitative estimate of drug-likeness (QED) is 0.517. The molecule has 0 aromatic heterocycles. The first-order valence-corrected chi connectivity index (χ1v) is 5.38. The predicted molar refractivity (Wildman–Crippen MR) is 62.4 cm³/mol. The number of anilines is 1. The molecule has 0 radical (unpaired) electrons. The summed E-state index contributed by atoms with van der Waals surface area (Å²) in [5, 5.41) is 20.2. The highest BCUT2D eigenvalue weighted by molar-refractivity contribution is 6.00. The molecule has 98 valence electrons. The summed E-state index contributed by atoms with van der Waals surface area (Å²) in [4.78, 5) is 11.8. The van der Waals surface area contributed by atoms with Crippen molar-refractivity contribution in [3.05, 3.63) is 17.7 Å². The van der Waals surface area contributed by atoms with Gasteiger partial charge < -0.3 is 30.7 Å². The topological polar surface area (TPSA) is 114 Å². The number of amides is 1. The predicted octanol–water partition coefficient (Wildman–Crippen LogP) is -0.920. The van der Waals surface area contributed by atoms with Gasteiger partial charge in [-0.05, 0) is 6.07 Å². The Hall–Kier alpha value is -1.99. The van der Waals surface area contributed by atoms with E-state index in [0.29, 0.717) is 11.5 Å². The Kier molecular flexibility index (Phi) is 3.54. The van der Waals surface area contributed by atoms with Crippen LogP contribution in [0.25, 0.3) is 0 Å². The molecule has 0 aliphatic carbocycles. The number of nitrogens with two attached hydrogens (primary N) is 1. The van der Waals surface area contributed by atoms with Gasteiger partial charge in [0, 0.05) is 18.3 Å². The van der Waals surface area contributed by atoms with Crippen molar-refractivity contribution in [2.24, 2.45) is 0 Å². The molecule has 7 nitrogen and oxygen atoms in total. The van der Waals surface area contributed by atoms with Crippen molar-refractivity contribution in [2.75, 3.05) is 25.7 Å². The van der Waals surface area contributed by atoms with Crippen LogP contribution < -0.4 is 20.5 Å². The van der Waals surface area contributed by atoms with Gasteiger partial charge in [-0.25, -0.2) is 0 Å². The first-order valence-electron chi connectivity index (χ1n) is 5.38. The van der Waals surface area contributed by atoms with Crippen LogP contribution >= 0.6 is 0 Å². The summed E-state index contributed by atoms with van der Waals surface area (Å²) in [5.41, 5.74) is 6.22. The molecular weight excluding hydrogens is 240 g/mol. The van der Waals surface area contributed by atoms with Crippen LogP contribution in [0.2, 0.25) is 0 Å². The highest BCUT2D eigenvalue weighted by Gasteiger charge is 2.19. The highest BCUT2D eigenvalue weighted by Crippen LogP contribution is 2.35. The fourth-order valence-electron chi connectivity index (χ4n) is 1.52. The van der Waals surface area contributed by atoms with E-state index in [1.807, 2.05) is 0 Å². The number of hydrogen-bond acceptors (Lipinski definition) is 6. The second kappa shape index (κ2) is 5.11. The molecule has 0 saturated heterocycles. The molecule has 0 bridgehead atoms. The molecular formula is C11H14N2O5. The molecule has 7 heteroatoms. The smallest absolute Gasteiger partial charge is 0.253 e. The molecule has 1 aromatic rings. The first-order chi connectivity index (χ1) is 8.61. The van der Waals surface area contributed by atoms with E-state index in [-0.39, 0.29) is 24.6 Å². The normalized spacial score (nSPS) is 14.3. The van der Waals surface area contributed by atoms with E-state index in [0.717, 1.165) is 0 Å². The molecule has 1 atom stereocenters. The van der Waals surface area contributed by atoms with Crippen LogP contribution in [0.5, 0.6) is 11.5 Å². The van der Waals surface area contributed by atoms with Gasteiger partial charge in [0.2, 0.25) is 6.79 Å². The Balaban J connectivity index is 2.11. The van der Waals surface area contributed by atoms with Crippen molar-refractivity contribution >= 4 is 11.6 Å². The number of rotatable bonds is 4. The van der Waals surface area contributed by atoms with Gasteiger partial charge in [-0.2, -0.15) is 0 Å². The molecule has 1 heterocycles. The van der Waals surface area contributed by atoms with Crippen molar-refractivity contribution in [1.82, 2.24) is 5.32 Å². The Bertz CT molecular complexity index is 463. The number of hydrogen-bond donors (Lipinski definition) is 4. The molecule has 0 fully saturated rings. The zero-order valence-electron chi connectivity index (χ0n) is 9.55. The maximum atomic E-state index is 11.8. The summed E-state index contributed by atoms with van der Waals surface area (Å²) < 4.78 is 10.3. The van der Waals surface area contributed by atoms with Crippen LogP contribution in [-0.2, 0) is 0 Å². The van der Waals surface area contributed by atoms with Crippen LogP contribution in [0.15, 0.2) is 12.1 Å². The largest absolute Gasteiger partial charge is 0.454 e. The lowest BCUT2D eigenvalue weighted by Crippen LogP contribution is -2.34. The van der Waals surface area contributed by atoms with Gasteiger partial charge in [0.1, 0.15) is 0 Å². The Morgan fingerprint density at radius 1 is 1.44 bits per heavy atom. The van der Waals surface area contributed by atoms with Crippen molar-refractivity contribution in [1.29, 1.82) is 0 Å². The molecule has 18 heavy (non-hydrogen) atoms. The lowest BCUT2D eigenvalue weighted by atomic mass is 10.1. The van der Waals surface area contributed by atoms with Crippen LogP contribution in [0.3, 0.4) is 0 Å². The number of nitrogens with one attached hydrogen (secondary N) is 1. The van der Waals surface area contributed by atoms with Gasteiger partial charge in [0.15, 0.2) is 11.5 Å². The summed E-state index contributed by atoms with van der Waals surface area (Å²) >= 11 is 0. The van der Waals surface area contributed by atoms with Gasteiger partial charge in [-0.3, -0.25) is 4.79 Å².